The number of carbonyl (C=O) groups excluding carboxylic acids is 1. The van der Waals surface area contributed by atoms with Crippen LogP contribution in [0.4, 0.5) is 0 Å². The fourth-order valence-corrected chi connectivity index (χ4v) is 2.09. The van der Waals surface area contributed by atoms with E-state index in [4.69, 9.17) is 11.3 Å². The van der Waals surface area contributed by atoms with Crippen LogP contribution < -0.4 is 0 Å². The van der Waals surface area contributed by atoms with Crippen molar-refractivity contribution in [1.29, 1.82) is 0 Å². The molecule has 21 heavy (non-hydrogen) atoms. The summed E-state index contributed by atoms with van der Waals surface area (Å²) in [6, 6.07) is 9.07. The smallest absolute Gasteiger partial charge is 0.338 e. The van der Waals surface area contributed by atoms with Gasteiger partial charge in [-0.2, -0.15) is 0 Å². The summed E-state index contributed by atoms with van der Waals surface area (Å²) in [6.07, 6.45) is 3.91. The van der Waals surface area contributed by atoms with Gasteiger partial charge in [-0.05, 0) is 30.9 Å². The van der Waals surface area contributed by atoms with Crippen molar-refractivity contribution in [3.8, 4) is 0 Å². The van der Waals surface area contributed by atoms with E-state index in [1.54, 1.807) is 12.1 Å². The first-order valence-corrected chi connectivity index (χ1v) is 7.55. The van der Waals surface area contributed by atoms with E-state index < -0.39 is 0 Å². The Labute approximate surface area is 128 Å². The molecule has 1 aromatic rings. The molecule has 0 aliphatic carbocycles. The first-order valence-electron chi connectivity index (χ1n) is 7.55. The minimum Gasteiger partial charge on any atom is -0.462 e. The zero-order chi connectivity index (χ0) is 15.7. The van der Waals surface area contributed by atoms with E-state index in [-0.39, 0.29) is 11.5 Å². The van der Waals surface area contributed by atoms with Crippen molar-refractivity contribution in [2.75, 3.05) is 6.61 Å². The molecule has 0 fully saturated rings. The number of rotatable bonds is 8. The highest BCUT2D eigenvalue weighted by Crippen LogP contribution is 2.21. The fourth-order valence-electron chi connectivity index (χ4n) is 2.09. The lowest BCUT2D eigenvalue weighted by Crippen LogP contribution is -2.14. The maximum Gasteiger partial charge on any atom is 0.338 e. The minimum absolute atomic E-state index is 0.251. The van der Waals surface area contributed by atoms with Crippen LogP contribution in [-0.2, 0) is 4.74 Å². The van der Waals surface area contributed by atoms with Crippen molar-refractivity contribution < 1.29 is 9.53 Å². The number of benzene rings is 1. The first kappa shape index (κ1) is 17.2. The van der Waals surface area contributed by atoms with Gasteiger partial charge in [-0.3, -0.25) is 0 Å². The predicted molar refractivity (Wildman–Crippen MR) is 85.0 cm³/mol. The molecule has 0 spiro atoms. The van der Waals surface area contributed by atoms with E-state index in [1.807, 2.05) is 32.0 Å². The van der Waals surface area contributed by atoms with Gasteiger partial charge in [0.25, 0.3) is 0 Å². The SMILES string of the molecule is [C-]#[N+]C(C)(C)CCCC(C)CCOC(=O)c1ccccc1. The van der Waals surface area contributed by atoms with Crippen LogP contribution in [-0.4, -0.2) is 18.1 Å². The quantitative estimate of drug-likeness (QED) is 0.511. The number of nitrogens with zero attached hydrogens (tertiary/aromatic N) is 1. The van der Waals surface area contributed by atoms with E-state index in [0.29, 0.717) is 18.1 Å². The topological polar surface area (TPSA) is 30.7 Å². The monoisotopic (exact) mass is 287 g/mol. The number of esters is 1. The molecule has 0 radical (unpaired) electrons. The highest BCUT2D eigenvalue weighted by Gasteiger charge is 2.22. The fraction of sp³-hybridized carbons (Fsp3) is 0.556. The average Bonchev–Trinajstić information content (AvgIpc) is 2.48. The molecular weight excluding hydrogens is 262 g/mol. The Balaban J connectivity index is 2.18. The van der Waals surface area contributed by atoms with E-state index >= 15 is 0 Å². The Hall–Kier alpha value is -1.82. The van der Waals surface area contributed by atoms with Crippen molar-refractivity contribution in [3.05, 3.63) is 47.3 Å². The second kappa shape index (κ2) is 8.46. The highest BCUT2D eigenvalue weighted by atomic mass is 16.5. The molecule has 0 aliphatic heterocycles. The second-order valence-corrected chi connectivity index (χ2v) is 6.21. The van der Waals surface area contributed by atoms with Gasteiger partial charge in [-0.1, -0.05) is 31.5 Å². The van der Waals surface area contributed by atoms with Crippen LogP contribution in [0.2, 0.25) is 0 Å². The summed E-state index contributed by atoms with van der Waals surface area (Å²) in [5.74, 6) is 0.257. The molecule has 1 aromatic carbocycles. The van der Waals surface area contributed by atoms with Gasteiger partial charge in [-0.15, -0.1) is 0 Å². The largest absolute Gasteiger partial charge is 0.462 e. The van der Waals surface area contributed by atoms with Gasteiger partial charge in [0.05, 0.1) is 12.2 Å². The molecule has 0 aliphatic rings. The minimum atomic E-state index is -0.253. The third kappa shape index (κ3) is 6.94. The Morgan fingerprint density at radius 3 is 2.57 bits per heavy atom. The molecule has 0 heterocycles. The summed E-state index contributed by atoms with van der Waals surface area (Å²) in [5, 5.41) is 0. The summed E-state index contributed by atoms with van der Waals surface area (Å²) in [6.45, 7) is 13.7. The van der Waals surface area contributed by atoms with Crippen LogP contribution in [0.25, 0.3) is 4.85 Å². The van der Waals surface area contributed by atoms with E-state index in [9.17, 15) is 4.79 Å². The van der Waals surface area contributed by atoms with Crippen LogP contribution in [0.3, 0.4) is 0 Å². The summed E-state index contributed by atoms with van der Waals surface area (Å²) in [4.78, 5) is 15.4. The van der Waals surface area contributed by atoms with Crippen LogP contribution in [0.5, 0.6) is 0 Å². The molecular formula is C18H25NO2. The number of hydrogen-bond donors (Lipinski definition) is 0. The van der Waals surface area contributed by atoms with E-state index in [0.717, 1.165) is 25.7 Å². The third-order valence-corrected chi connectivity index (χ3v) is 3.64. The maximum atomic E-state index is 11.8. The van der Waals surface area contributed by atoms with Crippen molar-refractivity contribution in [3.63, 3.8) is 0 Å². The van der Waals surface area contributed by atoms with Crippen LogP contribution in [0, 0.1) is 12.5 Å². The molecule has 3 nitrogen and oxygen atoms in total. The molecule has 1 atom stereocenters. The van der Waals surface area contributed by atoms with Gasteiger partial charge in [-0.25, -0.2) is 11.4 Å². The summed E-state index contributed by atoms with van der Waals surface area (Å²) < 4.78 is 5.28. The molecule has 0 bridgehead atoms. The lowest BCUT2D eigenvalue weighted by molar-refractivity contribution is 0.0483. The van der Waals surface area contributed by atoms with Crippen molar-refractivity contribution in [2.24, 2.45) is 5.92 Å². The zero-order valence-electron chi connectivity index (χ0n) is 13.3. The first-order chi connectivity index (χ1) is 9.94. The van der Waals surface area contributed by atoms with Crippen molar-refractivity contribution >= 4 is 5.97 Å². The lowest BCUT2D eigenvalue weighted by atomic mass is 9.94. The molecule has 0 saturated carbocycles. The molecule has 1 rings (SSSR count). The lowest BCUT2D eigenvalue weighted by Gasteiger charge is -2.14. The van der Waals surface area contributed by atoms with Gasteiger partial charge < -0.3 is 9.58 Å². The van der Waals surface area contributed by atoms with Gasteiger partial charge in [0.15, 0.2) is 0 Å². The van der Waals surface area contributed by atoms with Crippen LogP contribution >= 0.6 is 0 Å². The van der Waals surface area contributed by atoms with Gasteiger partial charge in [0.1, 0.15) is 0 Å². The van der Waals surface area contributed by atoms with Gasteiger partial charge in [0.2, 0.25) is 5.54 Å². The number of hydrogen-bond acceptors (Lipinski definition) is 2. The zero-order valence-corrected chi connectivity index (χ0v) is 13.3. The number of ether oxygens (including phenoxy) is 1. The van der Waals surface area contributed by atoms with Gasteiger partial charge >= 0.3 is 5.97 Å². The molecule has 0 amide bonds. The highest BCUT2D eigenvalue weighted by molar-refractivity contribution is 5.89. The standard InChI is InChI=1S/C18H25NO2/c1-15(9-8-13-18(2,3)19-4)12-14-21-17(20)16-10-6-5-7-11-16/h5-7,10-11,15H,8-9,12-14H2,1-3H3. The van der Waals surface area contributed by atoms with E-state index in [2.05, 4.69) is 11.8 Å². The molecule has 114 valence electrons. The Bertz CT molecular complexity index is 474. The molecule has 1 unspecified atom stereocenters. The Morgan fingerprint density at radius 1 is 1.29 bits per heavy atom. The predicted octanol–water partition coefficient (Wildman–Crippen LogP) is 4.74. The Morgan fingerprint density at radius 2 is 1.95 bits per heavy atom. The van der Waals surface area contributed by atoms with Crippen LogP contribution in [0.15, 0.2) is 30.3 Å². The summed E-state index contributed by atoms with van der Waals surface area (Å²) >= 11 is 0. The summed E-state index contributed by atoms with van der Waals surface area (Å²) in [5.41, 5.74) is 0.350. The molecule has 0 saturated heterocycles. The second-order valence-electron chi connectivity index (χ2n) is 6.21. The molecule has 0 N–H and O–H groups in total. The molecule has 3 heteroatoms. The maximum absolute atomic E-state index is 11.8. The summed E-state index contributed by atoms with van der Waals surface area (Å²) in [7, 11) is 0. The normalized spacial score (nSPS) is 12.5. The van der Waals surface area contributed by atoms with Crippen molar-refractivity contribution in [2.45, 2.75) is 52.0 Å². The van der Waals surface area contributed by atoms with Gasteiger partial charge in [0, 0.05) is 20.3 Å². The van der Waals surface area contributed by atoms with E-state index in [1.165, 1.54) is 0 Å². The average molecular weight is 287 g/mol. The van der Waals surface area contributed by atoms with Crippen molar-refractivity contribution in [1.82, 2.24) is 0 Å². The van der Waals surface area contributed by atoms with Crippen LogP contribution in [0.1, 0.15) is 56.8 Å². The molecule has 0 aromatic heterocycles. The number of carbonyl (C=O) groups is 1. The Kier molecular flexibility index (Phi) is 6.94. The third-order valence-electron chi connectivity index (χ3n) is 3.64.